The summed E-state index contributed by atoms with van der Waals surface area (Å²) in [4.78, 5) is 0. The fraction of sp³-hybridized carbons (Fsp3) is 0.0204. The summed E-state index contributed by atoms with van der Waals surface area (Å²) < 4.78 is 11.6. The molecule has 0 saturated heterocycles. The molecule has 3 heteroatoms. The maximum Gasteiger partial charge on any atom is 0.132 e. The molecule has 0 fully saturated rings. The van der Waals surface area contributed by atoms with Crippen molar-refractivity contribution >= 4 is 43.6 Å². The second-order valence-corrected chi connectivity index (χ2v) is 14.0. The number of nitrogens with zero attached hydrogens (tertiary/aromatic N) is 2. The molecule has 0 bridgehead atoms. The molecule has 0 amide bonds. The normalized spacial score (nSPS) is 13.7. The average molecular weight is 663 g/mol. The summed E-state index contributed by atoms with van der Waals surface area (Å²) in [7, 11) is 0. The molecule has 12 rings (SSSR count). The first-order valence-electron chi connectivity index (χ1n) is 17.9. The van der Waals surface area contributed by atoms with E-state index in [1.54, 1.807) is 0 Å². The maximum atomic E-state index is 6.73. The Morgan fingerprint density at radius 3 is 1.58 bits per heavy atom. The van der Waals surface area contributed by atoms with E-state index in [9.17, 15) is 0 Å². The zero-order chi connectivity index (χ0) is 34.0. The van der Waals surface area contributed by atoms with Crippen LogP contribution < -0.4 is 4.74 Å². The van der Waals surface area contributed by atoms with Crippen LogP contribution in [0.5, 0.6) is 11.5 Å². The van der Waals surface area contributed by atoms with Crippen molar-refractivity contribution in [3.63, 3.8) is 0 Å². The predicted molar refractivity (Wildman–Crippen MR) is 212 cm³/mol. The standard InChI is InChI=1S/C49H30N2O/c1-3-15-31(16-4-1)50-42-24-12-8-20-34(42)48-43(50)28-27-39-47(48)36-29-35-33-19-7-11-23-41(33)51(32-17-5-2-6-18-32)44(35)30-40(36)49(39)37-21-9-13-25-45(37)52-46-26-14-10-22-38(46)49/h1-30H. The molecule has 0 atom stereocenters. The number of para-hydroxylation sites is 6. The van der Waals surface area contributed by atoms with Crippen LogP contribution in [0.2, 0.25) is 0 Å². The Hall–Kier alpha value is -6.84. The highest BCUT2D eigenvalue weighted by molar-refractivity contribution is 6.20. The van der Waals surface area contributed by atoms with Crippen LogP contribution in [-0.2, 0) is 5.41 Å². The summed E-state index contributed by atoms with van der Waals surface area (Å²) in [6.45, 7) is 0. The van der Waals surface area contributed by atoms with E-state index in [1.165, 1.54) is 77.0 Å². The van der Waals surface area contributed by atoms with Crippen molar-refractivity contribution in [1.82, 2.24) is 9.13 Å². The highest BCUT2D eigenvalue weighted by atomic mass is 16.5. The van der Waals surface area contributed by atoms with E-state index in [-0.39, 0.29) is 0 Å². The number of rotatable bonds is 2. The molecule has 0 unspecified atom stereocenters. The molecule has 3 heterocycles. The van der Waals surface area contributed by atoms with Gasteiger partial charge in [0, 0.05) is 44.0 Å². The van der Waals surface area contributed by atoms with Crippen molar-refractivity contribution in [2.45, 2.75) is 5.41 Å². The van der Waals surface area contributed by atoms with Crippen molar-refractivity contribution in [2.75, 3.05) is 0 Å². The van der Waals surface area contributed by atoms with Crippen LogP contribution >= 0.6 is 0 Å². The number of hydrogen-bond donors (Lipinski definition) is 0. The molecule has 10 aromatic rings. The average Bonchev–Trinajstić information content (AvgIpc) is 3.82. The third-order valence-corrected chi connectivity index (χ3v) is 11.6. The number of hydrogen-bond acceptors (Lipinski definition) is 1. The van der Waals surface area contributed by atoms with E-state index >= 15 is 0 Å². The highest BCUT2D eigenvalue weighted by Gasteiger charge is 2.52. The van der Waals surface area contributed by atoms with Gasteiger partial charge in [-0.2, -0.15) is 0 Å². The van der Waals surface area contributed by atoms with Crippen LogP contribution in [0.25, 0.3) is 66.1 Å². The summed E-state index contributed by atoms with van der Waals surface area (Å²) in [5.41, 5.74) is 14.0. The molecule has 3 nitrogen and oxygen atoms in total. The number of fused-ring (bicyclic) bond motifs is 16. The second-order valence-electron chi connectivity index (χ2n) is 14.0. The molecule has 1 aliphatic heterocycles. The van der Waals surface area contributed by atoms with E-state index in [1.807, 2.05) is 0 Å². The minimum atomic E-state index is -0.605. The van der Waals surface area contributed by atoms with Crippen LogP contribution in [0, 0.1) is 0 Å². The second kappa shape index (κ2) is 10.1. The summed E-state index contributed by atoms with van der Waals surface area (Å²) in [5.74, 6) is 1.80. The monoisotopic (exact) mass is 662 g/mol. The maximum absolute atomic E-state index is 6.73. The quantitative estimate of drug-likeness (QED) is 0.180. The third-order valence-electron chi connectivity index (χ3n) is 11.6. The minimum absolute atomic E-state index is 0.605. The number of aromatic nitrogens is 2. The fourth-order valence-corrected chi connectivity index (χ4v) is 9.62. The van der Waals surface area contributed by atoms with Gasteiger partial charge in [0.2, 0.25) is 0 Å². The molecule has 52 heavy (non-hydrogen) atoms. The van der Waals surface area contributed by atoms with Crippen LogP contribution in [0.15, 0.2) is 182 Å². The fourth-order valence-electron chi connectivity index (χ4n) is 9.62. The van der Waals surface area contributed by atoms with Crippen LogP contribution in [0.4, 0.5) is 0 Å². The Morgan fingerprint density at radius 2 is 0.904 bits per heavy atom. The van der Waals surface area contributed by atoms with Gasteiger partial charge in [-0.1, -0.05) is 115 Å². The lowest BCUT2D eigenvalue weighted by molar-refractivity contribution is 0.436. The van der Waals surface area contributed by atoms with Gasteiger partial charge in [0.25, 0.3) is 0 Å². The Balaban J connectivity index is 1.33. The van der Waals surface area contributed by atoms with Gasteiger partial charge in [0.15, 0.2) is 0 Å². The summed E-state index contributed by atoms with van der Waals surface area (Å²) >= 11 is 0. The molecule has 0 saturated carbocycles. The summed E-state index contributed by atoms with van der Waals surface area (Å²) in [6, 6.07) is 66.3. The predicted octanol–water partition coefficient (Wildman–Crippen LogP) is 12.3. The molecule has 242 valence electrons. The van der Waals surface area contributed by atoms with E-state index < -0.39 is 5.41 Å². The van der Waals surface area contributed by atoms with Gasteiger partial charge < -0.3 is 13.9 Å². The van der Waals surface area contributed by atoms with Crippen molar-refractivity contribution in [3.05, 3.63) is 204 Å². The van der Waals surface area contributed by atoms with Gasteiger partial charge in [-0.15, -0.1) is 0 Å². The van der Waals surface area contributed by atoms with Gasteiger partial charge in [0.1, 0.15) is 11.5 Å². The topological polar surface area (TPSA) is 19.1 Å². The molecule has 2 aromatic heterocycles. The van der Waals surface area contributed by atoms with Crippen LogP contribution in [0.3, 0.4) is 0 Å². The van der Waals surface area contributed by atoms with Crippen molar-refractivity contribution in [3.8, 4) is 34.0 Å². The lowest BCUT2D eigenvalue weighted by atomic mass is 9.66. The Morgan fingerprint density at radius 1 is 0.365 bits per heavy atom. The summed E-state index contributed by atoms with van der Waals surface area (Å²) in [6.07, 6.45) is 0. The SMILES string of the molecule is c1ccc(-n2c3ccccc3c3cc4c(cc32)C2(c3ccccc3Oc3ccccc32)c2ccc3c(c2-4)c2ccccc2n3-c2ccccc2)cc1. The third kappa shape index (κ3) is 3.40. The van der Waals surface area contributed by atoms with Crippen LogP contribution in [-0.4, -0.2) is 9.13 Å². The smallest absolute Gasteiger partial charge is 0.132 e. The lowest BCUT2D eigenvalue weighted by Gasteiger charge is -2.39. The minimum Gasteiger partial charge on any atom is -0.457 e. The molecule has 0 radical (unpaired) electrons. The van der Waals surface area contributed by atoms with Crippen molar-refractivity contribution in [2.24, 2.45) is 0 Å². The van der Waals surface area contributed by atoms with E-state index in [2.05, 4.69) is 191 Å². The molecule has 2 aliphatic rings. The molecule has 0 N–H and O–H groups in total. The Kier molecular flexibility index (Phi) is 5.43. The van der Waals surface area contributed by atoms with Crippen molar-refractivity contribution in [1.29, 1.82) is 0 Å². The Labute approximate surface area is 300 Å². The van der Waals surface area contributed by atoms with E-state index in [0.717, 1.165) is 22.9 Å². The zero-order valence-electron chi connectivity index (χ0n) is 28.1. The van der Waals surface area contributed by atoms with Crippen LogP contribution in [0.1, 0.15) is 22.3 Å². The van der Waals surface area contributed by atoms with Gasteiger partial charge in [-0.3, -0.25) is 0 Å². The van der Waals surface area contributed by atoms with Gasteiger partial charge in [0.05, 0.1) is 27.5 Å². The first kappa shape index (κ1) is 27.9. The first-order chi connectivity index (χ1) is 25.8. The number of ether oxygens (including phenoxy) is 1. The van der Waals surface area contributed by atoms with Gasteiger partial charge in [-0.05, 0) is 89.0 Å². The highest BCUT2D eigenvalue weighted by Crippen LogP contribution is 2.64. The summed E-state index contributed by atoms with van der Waals surface area (Å²) in [5, 5.41) is 5.03. The van der Waals surface area contributed by atoms with E-state index in [4.69, 9.17) is 4.74 Å². The first-order valence-corrected chi connectivity index (χ1v) is 17.9. The largest absolute Gasteiger partial charge is 0.457 e. The molecular formula is C49H30N2O. The molecule has 8 aromatic carbocycles. The number of benzene rings is 8. The molecule has 1 aliphatic carbocycles. The Bertz CT molecular complexity index is 3050. The molecule has 1 spiro atoms. The van der Waals surface area contributed by atoms with Gasteiger partial charge >= 0.3 is 0 Å². The van der Waals surface area contributed by atoms with Gasteiger partial charge in [-0.25, -0.2) is 0 Å². The zero-order valence-corrected chi connectivity index (χ0v) is 28.1. The molecular weight excluding hydrogens is 633 g/mol. The van der Waals surface area contributed by atoms with E-state index in [0.29, 0.717) is 0 Å². The van der Waals surface area contributed by atoms with Crippen molar-refractivity contribution < 1.29 is 4.74 Å². The lowest BCUT2D eigenvalue weighted by Crippen LogP contribution is -2.32.